The molecule has 0 rings (SSSR count). The van der Waals surface area contributed by atoms with Crippen molar-refractivity contribution in [3.63, 3.8) is 0 Å². The highest BCUT2D eigenvalue weighted by atomic mass is 28.4. The molecule has 0 aromatic heterocycles. The molecule has 2 atom stereocenters. The molecule has 0 aliphatic carbocycles. The molecule has 12 heteroatoms. The molecule has 0 spiro atoms. The topological polar surface area (TPSA) is 116 Å². The van der Waals surface area contributed by atoms with Crippen LogP contribution in [0.15, 0.2) is 24.3 Å². The lowest BCUT2D eigenvalue weighted by Gasteiger charge is -2.31. The van der Waals surface area contributed by atoms with E-state index in [0.717, 1.165) is 44.8 Å². The fourth-order valence-electron chi connectivity index (χ4n) is 3.00. The van der Waals surface area contributed by atoms with Crippen molar-refractivity contribution in [1.29, 1.82) is 0 Å². The maximum atomic E-state index is 11.3. The van der Waals surface area contributed by atoms with Gasteiger partial charge in [0.2, 0.25) is 0 Å². The van der Waals surface area contributed by atoms with Gasteiger partial charge in [-0.2, -0.15) is 0 Å². The molecule has 0 aliphatic rings. The monoisotopic (exact) mass is 564 g/mol. The zero-order chi connectivity index (χ0) is 29.0. The van der Waals surface area contributed by atoms with E-state index in [1.807, 2.05) is 20.8 Å². The first kappa shape index (κ1) is 37.3. The van der Waals surface area contributed by atoms with E-state index in [-0.39, 0.29) is 12.3 Å². The predicted molar refractivity (Wildman–Crippen MR) is 146 cm³/mol. The van der Waals surface area contributed by atoms with Gasteiger partial charge in [0.15, 0.2) is 5.73 Å². The van der Waals surface area contributed by atoms with Crippen LogP contribution in [-0.2, 0) is 46.0 Å². The highest BCUT2D eigenvalue weighted by Gasteiger charge is 2.60. The van der Waals surface area contributed by atoms with Crippen LogP contribution in [-0.4, -0.2) is 73.9 Å². The molecule has 0 saturated carbocycles. The number of ether oxygens (including phenoxy) is 2. The first-order chi connectivity index (χ1) is 17.3. The van der Waals surface area contributed by atoms with E-state index in [4.69, 9.17) is 31.6 Å². The Morgan fingerprint density at radius 2 is 1.14 bits per heavy atom. The Labute approximate surface area is 225 Å². The van der Waals surface area contributed by atoms with Gasteiger partial charge in [-0.25, -0.2) is 0 Å². The molecule has 0 amide bonds. The largest absolute Gasteiger partial charge is 0.735 e. The predicted octanol–water partition coefficient (Wildman–Crippen LogP) is 4.11. The third-order valence-corrected chi connectivity index (χ3v) is 9.77. The van der Waals surface area contributed by atoms with Crippen LogP contribution in [0.1, 0.15) is 81.6 Å². The van der Waals surface area contributed by atoms with Gasteiger partial charge in [0.1, 0.15) is 0 Å². The molecule has 0 aromatic rings. The molecule has 0 bridgehead atoms. The molecule has 0 N–H and O–H groups in total. The minimum atomic E-state index is -3.99. The molecule has 0 fully saturated rings. The third kappa shape index (κ3) is 18.1. The zero-order valence-electron chi connectivity index (χ0n) is 24.2. The molecule has 2 unspecified atom stereocenters. The molecule has 0 aliphatic heterocycles. The van der Waals surface area contributed by atoms with Crippen molar-refractivity contribution in [2.45, 2.75) is 93.0 Å². The summed E-state index contributed by atoms with van der Waals surface area (Å²) < 4.78 is 38.1. The summed E-state index contributed by atoms with van der Waals surface area (Å²) in [6.45, 7) is 24.7. The van der Waals surface area contributed by atoms with Crippen molar-refractivity contribution in [3.8, 4) is 0 Å². The molecule has 216 valence electrons. The average Bonchev–Trinajstić information content (AvgIpc) is 2.75. The third-order valence-electron chi connectivity index (χ3n) is 4.24. The number of hydrogen-bond donors (Lipinski definition) is 0. The Kier molecular flexibility index (Phi) is 21.3. The molecule has 10 nitrogen and oxygen atoms in total. The molecule has 0 heterocycles. The van der Waals surface area contributed by atoms with Gasteiger partial charge >= 0.3 is 18.1 Å². The fraction of sp³-hybridized carbons (Fsp3) is 0.720. The number of carbonyl (C=O) groups excluding carboxylic acids is 3. The maximum absolute atomic E-state index is 11.3. The summed E-state index contributed by atoms with van der Waals surface area (Å²) >= 11 is 0. The highest BCUT2D eigenvalue weighted by molar-refractivity contribution is 6.67. The van der Waals surface area contributed by atoms with E-state index < -0.39 is 41.7 Å². The van der Waals surface area contributed by atoms with Crippen LogP contribution in [0.3, 0.4) is 0 Å². The van der Waals surface area contributed by atoms with E-state index >= 15 is 0 Å². The van der Waals surface area contributed by atoms with Crippen LogP contribution in [0.25, 0.3) is 0 Å². The number of rotatable bonds is 18. The van der Waals surface area contributed by atoms with Crippen molar-refractivity contribution in [3.05, 3.63) is 24.3 Å². The minimum Gasteiger partial charge on any atom is -0.454 e. The Morgan fingerprint density at radius 3 is 1.43 bits per heavy atom. The Bertz CT molecular complexity index is 667. The van der Waals surface area contributed by atoms with Crippen molar-refractivity contribution >= 4 is 36.0 Å². The van der Waals surface area contributed by atoms with Crippen molar-refractivity contribution < 1.29 is 46.0 Å². The number of hydrogen-bond acceptors (Lipinski definition) is 10. The summed E-state index contributed by atoms with van der Waals surface area (Å²) in [5, 5.41) is 0. The van der Waals surface area contributed by atoms with Gasteiger partial charge in [-0.15, -0.1) is 0 Å². The standard InChI is InChI=1S/C13H22O7Si.C12H26O3Si/c1-7-13(17-8-9(2)3)21(18-10(4)14,19-11(5)15)20-12(6)16;1-6-9-12(13-10-11(4)5)16(14-7-2)15-8-3/h13H,2,7-8H2,1,3-6H3;12,16H,4,6-10H2,1-3,5H3. The van der Waals surface area contributed by atoms with E-state index in [1.54, 1.807) is 13.8 Å². The lowest BCUT2D eigenvalue weighted by atomic mass is 10.3. The second-order valence-corrected chi connectivity index (χ2v) is 13.0. The summed E-state index contributed by atoms with van der Waals surface area (Å²) in [6, 6.07) is 0. The van der Waals surface area contributed by atoms with Crippen molar-refractivity contribution in [1.82, 2.24) is 0 Å². The van der Waals surface area contributed by atoms with E-state index in [1.165, 1.54) is 0 Å². The van der Waals surface area contributed by atoms with Crippen LogP contribution in [0, 0.1) is 0 Å². The van der Waals surface area contributed by atoms with Gasteiger partial charge in [0.25, 0.3) is 17.9 Å². The van der Waals surface area contributed by atoms with Gasteiger partial charge in [0.05, 0.1) is 18.9 Å². The van der Waals surface area contributed by atoms with Gasteiger partial charge in [-0.3, -0.25) is 14.4 Å². The molecular formula is C25H48O10Si2. The summed E-state index contributed by atoms with van der Waals surface area (Å²) in [5.41, 5.74) is 1.07. The van der Waals surface area contributed by atoms with Crippen LogP contribution in [0.4, 0.5) is 0 Å². The second-order valence-electron chi connectivity index (χ2n) is 8.42. The van der Waals surface area contributed by atoms with E-state index in [9.17, 15) is 14.4 Å². The quantitative estimate of drug-likeness (QED) is 0.178. The van der Waals surface area contributed by atoms with Crippen molar-refractivity contribution in [2.24, 2.45) is 0 Å². The Morgan fingerprint density at radius 1 is 0.730 bits per heavy atom. The highest BCUT2D eigenvalue weighted by Crippen LogP contribution is 2.22. The summed E-state index contributed by atoms with van der Waals surface area (Å²) in [5.74, 6) is -2.16. The van der Waals surface area contributed by atoms with Crippen LogP contribution in [0.2, 0.25) is 0 Å². The van der Waals surface area contributed by atoms with Crippen LogP contribution in [0.5, 0.6) is 0 Å². The summed E-state index contributed by atoms with van der Waals surface area (Å²) in [6.07, 6.45) is 2.42. The van der Waals surface area contributed by atoms with E-state index in [2.05, 4.69) is 20.1 Å². The average molecular weight is 565 g/mol. The maximum Gasteiger partial charge on any atom is 0.735 e. The SMILES string of the molecule is C=C(C)COC(CC)[Si](OC(C)=O)(OC(C)=O)OC(C)=O.C=C(C)COC(CCC)[SiH](OCC)OCC. The Balaban J connectivity index is 0. The Hall–Kier alpha value is -1.84. The molecule has 37 heavy (non-hydrogen) atoms. The lowest BCUT2D eigenvalue weighted by Crippen LogP contribution is -2.59. The van der Waals surface area contributed by atoms with Gasteiger partial charge in [0, 0.05) is 34.0 Å². The second kappa shape index (κ2) is 21.1. The van der Waals surface area contributed by atoms with Gasteiger partial charge in [-0.05, 0) is 40.5 Å². The molecule has 0 aromatic carbocycles. The van der Waals surface area contributed by atoms with Crippen LogP contribution < -0.4 is 0 Å². The fourth-order valence-corrected chi connectivity index (χ4v) is 7.55. The summed E-state index contributed by atoms with van der Waals surface area (Å²) in [7, 11) is -5.68. The number of carbonyl (C=O) groups is 3. The van der Waals surface area contributed by atoms with Crippen LogP contribution >= 0.6 is 0 Å². The zero-order valence-corrected chi connectivity index (χ0v) is 26.3. The lowest BCUT2D eigenvalue weighted by molar-refractivity contribution is -0.151. The smallest absolute Gasteiger partial charge is 0.454 e. The molecule has 0 radical (unpaired) electrons. The molecule has 0 saturated heterocycles. The first-order valence-electron chi connectivity index (χ1n) is 12.6. The summed E-state index contributed by atoms with van der Waals surface area (Å²) in [4.78, 5) is 34.0. The molecular weight excluding hydrogens is 516 g/mol. The minimum absolute atomic E-state index is 0.140. The van der Waals surface area contributed by atoms with Gasteiger partial charge < -0.3 is 31.6 Å². The first-order valence-corrected chi connectivity index (χ1v) is 16.0. The van der Waals surface area contributed by atoms with Gasteiger partial charge in [-0.1, -0.05) is 44.6 Å². The normalized spacial score (nSPS) is 12.6. The van der Waals surface area contributed by atoms with E-state index in [0.29, 0.717) is 26.2 Å². The van der Waals surface area contributed by atoms with Crippen molar-refractivity contribution in [2.75, 3.05) is 26.4 Å².